The van der Waals surface area contributed by atoms with Gasteiger partial charge in [-0.05, 0) is 16.8 Å². The van der Waals surface area contributed by atoms with Gasteiger partial charge in [-0.25, -0.2) is 5.01 Å². The molecule has 0 aliphatic carbocycles. The fourth-order valence-corrected chi connectivity index (χ4v) is 1.36. The largest absolute Gasteiger partial charge is 0.273 e. The van der Waals surface area contributed by atoms with Crippen molar-refractivity contribution >= 4 is 5.91 Å². The fraction of sp³-hybridized carbons (Fsp3) is 0.778. The number of carbonyl (C=O) groups excluding carboxylic acids is 1. The maximum atomic E-state index is 11.3. The van der Waals surface area contributed by atoms with E-state index in [4.69, 9.17) is 0 Å². The molecular weight excluding hydrogens is 194 g/mol. The highest BCUT2D eigenvalue weighted by Crippen LogP contribution is 2.00. The Morgan fingerprint density at radius 3 is 2.73 bits per heavy atom. The van der Waals surface area contributed by atoms with E-state index in [0.717, 1.165) is 12.8 Å². The van der Waals surface area contributed by atoms with Gasteiger partial charge in [-0.3, -0.25) is 4.79 Å². The first kappa shape index (κ1) is 11.6. The first-order chi connectivity index (χ1) is 7.25. The topological polar surface area (TPSA) is 63.9 Å². The zero-order valence-electron chi connectivity index (χ0n) is 9.26. The SMILES string of the molecule is CCCCCCN(C(C)=O)n1cnnn1. The number of nitrogens with zero attached hydrogens (tertiary/aromatic N) is 5. The summed E-state index contributed by atoms with van der Waals surface area (Å²) in [7, 11) is 0. The molecule has 0 aliphatic rings. The molecule has 0 aliphatic heterocycles. The highest BCUT2D eigenvalue weighted by molar-refractivity contribution is 5.83. The predicted octanol–water partition coefficient (Wildman–Crippen LogP) is 0.738. The number of unbranched alkanes of at least 4 members (excludes halogenated alkanes) is 3. The second-order valence-electron chi connectivity index (χ2n) is 3.43. The minimum atomic E-state index is -0.0428. The van der Waals surface area contributed by atoms with E-state index in [0.29, 0.717) is 6.54 Å². The van der Waals surface area contributed by atoms with Crippen LogP contribution in [0.2, 0.25) is 0 Å². The standard InChI is InChI=1S/C9H17N5O/c1-3-4-5-6-7-13(9(2)15)14-8-10-11-12-14/h8H,3-7H2,1-2H3. The van der Waals surface area contributed by atoms with Crippen molar-refractivity contribution < 1.29 is 4.79 Å². The van der Waals surface area contributed by atoms with Crippen molar-refractivity contribution in [1.29, 1.82) is 0 Å². The summed E-state index contributed by atoms with van der Waals surface area (Å²) in [6, 6.07) is 0. The van der Waals surface area contributed by atoms with E-state index in [1.807, 2.05) is 0 Å². The lowest BCUT2D eigenvalue weighted by Crippen LogP contribution is -2.40. The average Bonchev–Trinajstić information content (AvgIpc) is 2.70. The molecule has 6 heteroatoms. The van der Waals surface area contributed by atoms with E-state index in [2.05, 4.69) is 22.4 Å². The van der Waals surface area contributed by atoms with Crippen molar-refractivity contribution in [3.05, 3.63) is 6.33 Å². The van der Waals surface area contributed by atoms with E-state index >= 15 is 0 Å². The third-order valence-electron chi connectivity index (χ3n) is 2.17. The Kier molecular flexibility index (Phi) is 4.73. The van der Waals surface area contributed by atoms with Gasteiger partial charge in [0, 0.05) is 13.5 Å². The highest BCUT2D eigenvalue weighted by Gasteiger charge is 2.10. The molecule has 0 N–H and O–H groups in total. The maximum absolute atomic E-state index is 11.3. The molecular formula is C9H17N5O. The third kappa shape index (κ3) is 3.65. The molecule has 1 amide bonds. The summed E-state index contributed by atoms with van der Waals surface area (Å²) < 4.78 is 0. The maximum Gasteiger partial charge on any atom is 0.239 e. The zero-order chi connectivity index (χ0) is 11.1. The minimum absolute atomic E-state index is 0.0428. The molecule has 0 radical (unpaired) electrons. The molecule has 84 valence electrons. The zero-order valence-corrected chi connectivity index (χ0v) is 9.26. The summed E-state index contributed by atoms with van der Waals surface area (Å²) in [6.07, 6.45) is 5.92. The van der Waals surface area contributed by atoms with Crippen molar-refractivity contribution in [2.24, 2.45) is 0 Å². The lowest BCUT2D eigenvalue weighted by Gasteiger charge is -2.18. The van der Waals surface area contributed by atoms with Gasteiger partial charge < -0.3 is 0 Å². The van der Waals surface area contributed by atoms with E-state index in [1.165, 1.54) is 35.9 Å². The van der Waals surface area contributed by atoms with Gasteiger partial charge in [-0.1, -0.05) is 26.2 Å². The number of amides is 1. The second kappa shape index (κ2) is 6.10. The number of hydrogen-bond donors (Lipinski definition) is 0. The first-order valence-electron chi connectivity index (χ1n) is 5.27. The highest BCUT2D eigenvalue weighted by atomic mass is 16.2. The molecule has 1 rings (SSSR count). The molecule has 0 saturated heterocycles. The predicted molar refractivity (Wildman–Crippen MR) is 55.7 cm³/mol. The lowest BCUT2D eigenvalue weighted by molar-refractivity contribution is -0.118. The quantitative estimate of drug-likeness (QED) is 0.651. The van der Waals surface area contributed by atoms with Crippen LogP contribution in [0.15, 0.2) is 6.33 Å². The third-order valence-corrected chi connectivity index (χ3v) is 2.17. The van der Waals surface area contributed by atoms with Crippen LogP contribution in [0.3, 0.4) is 0 Å². The van der Waals surface area contributed by atoms with Crippen molar-refractivity contribution in [3.8, 4) is 0 Å². The molecule has 1 heterocycles. The summed E-state index contributed by atoms with van der Waals surface area (Å²) >= 11 is 0. The van der Waals surface area contributed by atoms with Crippen molar-refractivity contribution in [1.82, 2.24) is 20.3 Å². The van der Waals surface area contributed by atoms with E-state index in [9.17, 15) is 4.79 Å². The minimum Gasteiger partial charge on any atom is -0.273 e. The van der Waals surface area contributed by atoms with Crippen molar-refractivity contribution in [3.63, 3.8) is 0 Å². The Hall–Kier alpha value is -1.46. The Balaban J connectivity index is 2.42. The van der Waals surface area contributed by atoms with Crippen LogP contribution in [-0.2, 0) is 4.79 Å². The molecule has 0 spiro atoms. The van der Waals surface area contributed by atoms with Gasteiger partial charge in [-0.2, -0.15) is 0 Å². The van der Waals surface area contributed by atoms with Gasteiger partial charge >= 0.3 is 0 Å². The molecule has 0 aromatic carbocycles. The number of tetrazole rings is 1. The van der Waals surface area contributed by atoms with Gasteiger partial charge in [-0.15, -0.1) is 9.89 Å². The first-order valence-corrected chi connectivity index (χ1v) is 5.27. The van der Waals surface area contributed by atoms with Crippen LogP contribution in [0.1, 0.15) is 39.5 Å². The van der Waals surface area contributed by atoms with Crippen LogP contribution in [0.25, 0.3) is 0 Å². The van der Waals surface area contributed by atoms with Gasteiger partial charge in [0.05, 0.1) is 0 Å². The molecule has 0 saturated carbocycles. The molecule has 1 aromatic rings. The molecule has 0 fully saturated rings. The smallest absolute Gasteiger partial charge is 0.239 e. The van der Waals surface area contributed by atoms with Gasteiger partial charge in [0.25, 0.3) is 0 Å². The number of aromatic nitrogens is 4. The average molecular weight is 211 g/mol. The van der Waals surface area contributed by atoms with Gasteiger partial charge in [0.2, 0.25) is 5.91 Å². The Morgan fingerprint density at radius 2 is 2.20 bits per heavy atom. The van der Waals surface area contributed by atoms with Crippen LogP contribution in [0, 0.1) is 0 Å². The number of hydrogen-bond acceptors (Lipinski definition) is 4. The summed E-state index contributed by atoms with van der Waals surface area (Å²) in [5.41, 5.74) is 0. The summed E-state index contributed by atoms with van der Waals surface area (Å²) in [4.78, 5) is 12.7. The van der Waals surface area contributed by atoms with Crippen molar-refractivity contribution in [2.75, 3.05) is 11.6 Å². The molecule has 6 nitrogen and oxygen atoms in total. The van der Waals surface area contributed by atoms with E-state index < -0.39 is 0 Å². The van der Waals surface area contributed by atoms with Crippen LogP contribution in [0.4, 0.5) is 0 Å². The van der Waals surface area contributed by atoms with E-state index in [1.54, 1.807) is 0 Å². The van der Waals surface area contributed by atoms with Gasteiger partial charge in [0.15, 0.2) is 6.33 Å². The lowest BCUT2D eigenvalue weighted by atomic mass is 10.2. The molecule has 0 unspecified atom stereocenters. The second-order valence-corrected chi connectivity index (χ2v) is 3.43. The molecule has 0 atom stereocenters. The van der Waals surface area contributed by atoms with Crippen LogP contribution in [0.5, 0.6) is 0 Å². The fourth-order valence-electron chi connectivity index (χ4n) is 1.36. The Labute approximate surface area is 89.2 Å². The summed E-state index contributed by atoms with van der Waals surface area (Å²) in [5.74, 6) is -0.0428. The van der Waals surface area contributed by atoms with Crippen LogP contribution in [-0.4, -0.2) is 32.8 Å². The number of rotatable bonds is 6. The van der Waals surface area contributed by atoms with Gasteiger partial charge in [0.1, 0.15) is 0 Å². The Bertz CT molecular complexity index is 285. The van der Waals surface area contributed by atoms with Crippen molar-refractivity contribution in [2.45, 2.75) is 39.5 Å². The molecule has 1 aromatic heterocycles. The number of carbonyl (C=O) groups is 1. The summed E-state index contributed by atoms with van der Waals surface area (Å²) in [6.45, 7) is 4.34. The van der Waals surface area contributed by atoms with E-state index in [-0.39, 0.29) is 5.91 Å². The normalized spacial score (nSPS) is 10.3. The summed E-state index contributed by atoms with van der Waals surface area (Å²) in [5, 5.41) is 12.3. The Morgan fingerprint density at radius 1 is 1.40 bits per heavy atom. The molecule has 0 bridgehead atoms. The monoisotopic (exact) mass is 211 g/mol. The van der Waals surface area contributed by atoms with Crippen LogP contribution < -0.4 is 5.01 Å². The van der Waals surface area contributed by atoms with Crippen LogP contribution >= 0.6 is 0 Å². The molecule has 15 heavy (non-hydrogen) atoms.